The Balaban J connectivity index is 1.83. The van der Waals surface area contributed by atoms with Gasteiger partial charge in [-0.2, -0.15) is 0 Å². The minimum atomic E-state index is -0.668. The summed E-state index contributed by atoms with van der Waals surface area (Å²) in [5.41, 5.74) is -0.262. The summed E-state index contributed by atoms with van der Waals surface area (Å²) in [7, 11) is 0. The van der Waals surface area contributed by atoms with Crippen LogP contribution in [0.2, 0.25) is 10.0 Å². The first kappa shape index (κ1) is 18.7. The molecule has 1 fully saturated rings. The highest BCUT2D eigenvalue weighted by Crippen LogP contribution is 2.42. The molecule has 7 heteroatoms. The highest BCUT2D eigenvalue weighted by atomic mass is 35.5. The SMILES string of the molecule is CC(C)(C)C(=O)OCOC(=O)C1C[C@@H]1C(=O)c1ccc(Cl)c(Cl)c1. The van der Waals surface area contributed by atoms with Gasteiger partial charge in [0, 0.05) is 11.5 Å². The maximum absolute atomic E-state index is 12.3. The summed E-state index contributed by atoms with van der Waals surface area (Å²) in [4.78, 5) is 35.8. The van der Waals surface area contributed by atoms with E-state index in [9.17, 15) is 14.4 Å². The molecular weight excluding hydrogens is 355 g/mol. The summed E-state index contributed by atoms with van der Waals surface area (Å²) in [6, 6.07) is 4.60. The van der Waals surface area contributed by atoms with Gasteiger partial charge in [0.25, 0.3) is 0 Å². The second-order valence-electron chi connectivity index (χ2n) is 6.70. The van der Waals surface area contributed by atoms with Crippen LogP contribution in [-0.2, 0) is 19.1 Å². The van der Waals surface area contributed by atoms with E-state index in [0.717, 1.165) is 0 Å². The number of carbonyl (C=O) groups is 3. The van der Waals surface area contributed by atoms with Gasteiger partial charge < -0.3 is 9.47 Å². The van der Waals surface area contributed by atoms with Gasteiger partial charge in [0.15, 0.2) is 5.78 Å². The van der Waals surface area contributed by atoms with Crippen LogP contribution in [0.3, 0.4) is 0 Å². The lowest BCUT2D eigenvalue weighted by Gasteiger charge is -2.16. The first-order chi connectivity index (χ1) is 11.1. The van der Waals surface area contributed by atoms with Gasteiger partial charge in [-0.05, 0) is 45.4 Å². The maximum atomic E-state index is 12.3. The number of carbonyl (C=O) groups excluding carboxylic acids is 3. The zero-order chi connectivity index (χ0) is 18.1. The third-order valence-electron chi connectivity index (χ3n) is 3.64. The number of benzene rings is 1. The predicted octanol–water partition coefficient (Wildman–Crippen LogP) is 3.90. The first-order valence-corrected chi connectivity index (χ1v) is 8.20. The molecular formula is C17H18Cl2O5. The lowest BCUT2D eigenvalue weighted by atomic mass is 9.98. The van der Waals surface area contributed by atoms with Gasteiger partial charge in [0.1, 0.15) is 0 Å². The van der Waals surface area contributed by atoms with Crippen LogP contribution in [0.4, 0.5) is 0 Å². The number of hydrogen-bond donors (Lipinski definition) is 0. The van der Waals surface area contributed by atoms with Gasteiger partial charge in [-0.1, -0.05) is 23.2 Å². The van der Waals surface area contributed by atoms with E-state index in [0.29, 0.717) is 17.0 Å². The van der Waals surface area contributed by atoms with Gasteiger partial charge in [0.05, 0.1) is 21.4 Å². The topological polar surface area (TPSA) is 69.7 Å². The molecule has 1 unspecified atom stereocenters. The molecule has 0 heterocycles. The van der Waals surface area contributed by atoms with Crippen molar-refractivity contribution >= 4 is 40.9 Å². The fourth-order valence-corrected chi connectivity index (χ4v) is 2.37. The van der Waals surface area contributed by atoms with Crippen molar-refractivity contribution in [1.29, 1.82) is 0 Å². The Morgan fingerprint density at radius 2 is 1.75 bits per heavy atom. The maximum Gasteiger partial charge on any atom is 0.314 e. The molecule has 2 rings (SSSR count). The number of Topliss-reactive ketones (excluding diaryl/α,β-unsaturated/α-hetero) is 1. The molecule has 1 aliphatic rings. The van der Waals surface area contributed by atoms with Crippen LogP contribution in [0, 0.1) is 17.3 Å². The van der Waals surface area contributed by atoms with Crippen molar-refractivity contribution in [3.05, 3.63) is 33.8 Å². The van der Waals surface area contributed by atoms with Gasteiger partial charge in [-0.15, -0.1) is 0 Å². The van der Waals surface area contributed by atoms with Crippen molar-refractivity contribution < 1.29 is 23.9 Å². The quantitative estimate of drug-likeness (QED) is 0.445. The van der Waals surface area contributed by atoms with E-state index in [4.69, 9.17) is 32.7 Å². The van der Waals surface area contributed by atoms with Crippen LogP contribution in [0.1, 0.15) is 37.6 Å². The Labute approximate surface area is 150 Å². The van der Waals surface area contributed by atoms with Crippen LogP contribution in [0.5, 0.6) is 0 Å². The molecule has 0 saturated heterocycles. The molecule has 1 aromatic rings. The van der Waals surface area contributed by atoms with Crippen LogP contribution >= 0.6 is 23.2 Å². The molecule has 1 aromatic carbocycles. The molecule has 130 valence electrons. The number of esters is 2. The Morgan fingerprint density at radius 1 is 1.08 bits per heavy atom. The lowest BCUT2D eigenvalue weighted by molar-refractivity contribution is -0.174. The van der Waals surface area contributed by atoms with Crippen molar-refractivity contribution in [1.82, 2.24) is 0 Å². The molecule has 1 aliphatic carbocycles. The Morgan fingerprint density at radius 3 is 2.33 bits per heavy atom. The molecule has 0 N–H and O–H groups in total. The fourth-order valence-electron chi connectivity index (χ4n) is 2.07. The van der Waals surface area contributed by atoms with Crippen LogP contribution in [0.25, 0.3) is 0 Å². The van der Waals surface area contributed by atoms with Gasteiger partial charge >= 0.3 is 11.9 Å². The van der Waals surface area contributed by atoms with Crippen LogP contribution in [-0.4, -0.2) is 24.5 Å². The minimum absolute atomic E-state index is 0.179. The van der Waals surface area contributed by atoms with Crippen LogP contribution < -0.4 is 0 Å². The monoisotopic (exact) mass is 372 g/mol. The Hall–Kier alpha value is -1.59. The van der Waals surface area contributed by atoms with Crippen molar-refractivity contribution in [2.24, 2.45) is 17.3 Å². The number of rotatable bonds is 5. The van der Waals surface area contributed by atoms with Crippen molar-refractivity contribution in [3.63, 3.8) is 0 Å². The summed E-state index contributed by atoms with van der Waals surface area (Å²) in [5.74, 6) is -2.14. The molecule has 0 amide bonds. The molecule has 0 aromatic heterocycles. The van der Waals surface area contributed by atoms with E-state index in [1.807, 2.05) is 0 Å². The predicted molar refractivity (Wildman–Crippen MR) is 88.9 cm³/mol. The van der Waals surface area contributed by atoms with Crippen LogP contribution in [0.15, 0.2) is 18.2 Å². The van der Waals surface area contributed by atoms with Gasteiger partial charge in [0.2, 0.25) is 6.79 Å². The minimum Gasteiger partial charge on any atom is -0.428 e. The third-order valence-corrected chi connectivity index (χ3v) is 4.38. The number of ketones is 1. The normalized spacial score (nSPS) is 19.5. The average Bonchev–Trinajstić information content (AvgIpc) is 3.28. The summed E-state index contributed by atoms with van der Waals surface area (Å²) < 4.78 is 9.77. The summed E-state index contributed by atoms with van der Waals surface area (Å²) in [5, 5.41) is 0.650. The molecule has 0 radical (unpaired) electrons. The second kappa shape index (κ2) is 7.11. The fraction of sp³-hybridized carbons (Fsp3) is 0.471. The zero-order valence-electron chi connectivity index (χ0n) is 13.6. The van der Waals surface area contributed by atoms with Gasteiger partial charge in [-0.3, -0.25) is 14.4 Å². The summed E-state index contributed by atoms with van der Waals surface area (Å²) >= 11 is 11.7. The summed E-state index contributed by atoms with van der Waals surface area (Å²) in [6.07, 6.45) is 0.408. The highest BCUT2D eigenvalue weighted by Gasteiger charge is 2.49. The highest BCUT2D eigenvalue weighted by molar-refractivity contribution is 6.42. The van der Waals surface area contributed by atoms with E-state index in [-0.39, 0.29) is 10.8 Å². The van der Waals surface area contributed by atoms with Crippen molar-refractivity contribution in [2.75, 3.05) is 6.79 Å². The van der Waals surface area contributed by atoms with Crippen molar-refractivity contribution in [3.8, 4) is 0 Å². The third kappa shape index (κ3) is 4.48. The Kier molecular flexibility index (Phi) is 5.56. The van der Waals surface area contributed by atoms with E-state index in [2.05, 4.69) is 0 Å². The van der Waals surface area contributed by atoms with E-state index in [1.54, 1.807) is 32.9 Å². The molecule has 2 atom stereocenters. The van der Waals surface area contributed by atoms with E-state index >= 15 is 0 Å². The number of ether oxygens (including phenoxy) is 2. The second-order valence-corrected chi connectivity index (χ2v) is 7.52. The molecule has 0 aliphatic heterocycles. The lowest BCUT2D eigenvalue weighted by Crippen LogP contribution is -2.25. The van der Waals surface area contributed by atoms with E-state index < -0.39 is 36.0 Å². The standard InChI is InChI=1S/C17H18Cl2O5/c1-17(2,3)16(22)24-8-23-15(21)11-7-10(11)14(20)9-4-5-12(18)13(19)6-9/h4-6,10-11H,7-8H2,1-3H3/t10-,11?/m0/s1. The smallest absolute Gasteiger partial charge is 0.314 e. The largest absolute Gasteiger partial charge is 0.428 e. The number of halogens is 2. The molecule has 1 saturated carbocycles. The average molecular weight is 373 g/mol. The molecule has 24 heavy (non-hydrogen) atoms. The Bertz CT molecular complexity index is 678. The molecule has 0 bridgehead atoms. The van der Waals surface area contributed by atoms with Gasteiger partial charge in [-0.25, -0.2) is 0 Å². The van der Waals surface area contributed by atoms with E-state index in [1.165, 1.54) is 6.07 Å². The zero-order valence-corrected chi connectivity index (χ0v) is 15.1. The first-order valence-electron chi connectivity index (χ1n) is 7.44. The molecule has 0 spiro atoms. The summed E-state index contributed by atoms with van der Waals surface area (Å²) in [6.45, 7) is 4.65. The van der Waals surface area contributed by atoms with Crippen molar-refractivity contribution in [2.45, 2.75) is 27.2 Å². The molecule has 5 nitrogen and oxygen atoms in total. The number of hydrogen-bond acceptors (Lipinski definition) is 5.